The molecule has 1 heterocycles. The largest absolute Gasteiger partial charge is 0.398 e. The van der Waals surface area contributed by atoms with E-state index in [9.17, 15) is 14.4 Å². The maximum Gasteiger partial charge on any atom is 0.259 e. The summed E-state index contributed by atoms with van der Waals surface area (Å²) in [6.07, 6.45) is 0.745. The van der Waals surface area contributed by atoms with Crippen molar-refractivity contribution in [2.24, 2.45) is 0 Å². The zero-order valence-electron chi connectivity index (χ0n) is 12.6. The molecule has 0 amide bonds. The number of H-pyrrole nitrogens is 1. The summed E-state index contributed by atoms with van der Waals surface area (Å²) in [7, 11) is 0. The van der Waals surface area contributed by atoms with Crippen LogP contribution in [0.15, 0.2) is 59.4 Å². The van der Waals surface area contributed by atoms with Crippen LogP contribution in [0.4, 0.5) is 5.69 Å². The summed E-state index contributed by atoms with van der Waals surface area (Å²) in [5.74, 6) is -0.211. The number of anilines is 1. The molecule has 0 bridgehead atoms. The van der Waals surface area contributed by atoms with E-state index < -0.39 is 0 Å². The van der Waals surface area contributed by atoms with Crippen LogP contribution in [-0.2, 0) is 0 Å². The number of benzene rings is 2. The van der Waals surface area contributed by atoms with Crippen molar-refractivity contribution in [3.63, 3.8) is 0 Å². The van der Waals surface area contributed by atoms with Crippen LogP contribution in [0.5, 0.6) is 0 Å². The highest BCUT2D eigenvalue weighted by atomic mass is 16.1. The molecule has 0 radical (unpaired) electrons. The summed E-state index contributed by atoms with van der Waals surface area (Å²) in [5.41, 5.74) is 7.13. The van der Waals surface area contributed by atoms with Crippen LogP contribution in [0, 0.1) is 0 Å². The third-order valence-corrected chi connectivity index (χ3v) is 3.26. The number of aldehydes is 1. The Balaban J connectivity index is 0.000000185. The Morgan fingerprint density at radius 2 is 1.74 bits per heavy atom. The summed E-state index contributed by atoms with van der Waals surface area (Å²) >= 11 is 0. The number of hydrogen-bond donors (Lipinski definition) is 2. The molecule has 116 valence electrons. The van der Waals surface area contributed by atoms with Crippen molar-refractivity contribution in [1.29, 1.82) is 0 Å². The van der Waals surface area contributed by atoms with E-state index in [1.54, 1.807) is 36.4 Å². The molecular formula is C18H16N2O3. The molecule has 0 unspecified atom stereocenters. The lowest BCUT2D eigenvalue weighted by Gasteiger charge is -1.98. The van der Waals surface area contributed by atoms with Crippen molar-refractivity contribution in [2.45, 2.75) is 6.92 Å². The van der Waals surface area contributed by atoms with Crippen LogP contribution in [0.1, 0.15) is 27.6 Å². The van der Waals surface area contributed by atoms with Gasteiger partial charge in [0.15, 0.2) is 12.1 Å². The molecular weight excluding hydrogens is 292 g/mol. The maximum absolute atomic E-state index is 11.4. The second-order valence-corrected chi connectivity index (χ2v) is 4.90. The zero-order valence-corrected chi connectivity index (χ0v) is 12.6. The number of pyridine rings is 1. The summed E-state index contributed by atoms with van der Waals surface area (Å²) in [6.45, 7) is 1.39. The van der Waals surface area contributed by atoms with Crippen LogP contribution in [-0.4, -0.2) is 17.1 Å². The Morgan fingerprint density at radius 1 is 1.09 bits per heavy atom. The van der Waals surface area contributed by atoms with Gasteiger partial charge >= 0.3 is 0 Å². The molecule has 0 atom stereocenters. The highest BCUT2D eigenvalue weighted by Gasteiger charge is 2.05. The van der Waals surface area contributed by atoms with Gasteiger partial charge in [-0.2, -0.15) is 0 Å². The lowest BCUT2D eigenvalue weighted by molar-refractivity contribution is 0.101. The molecule has 3 rings (SSSR count). The molecule has 5 nitrogen and oxygen atoms in total. The van der Waals surface area contributed by atoms with Crippen molar-refractivity contribution in [3.05, 3.63) is 76.1 Å². The summed E-state index contributed by atoms with van der Waals surface area (Å²) in [5, 5.41) is 0.873. The number of fused-ring (bicyclic) bond motifs is 1. The number of aromatic amines is 1. The zero-order chi connectivity index (χ0) is 16.8. The van der Waals surface area contributed by atoms with Crippen LogP contribution >= 0.6 is 0 Å². The molecule has 23 heavy (non-hydrogen) atoms. The van der Waals surface area contributed by atoms with Gasteiger partial charge in [0.05, 0.1) is 5.56 Å². The van der Waals surface area contributed by atoms with Crippen molar-refractivity contribution in [2.75, 3.05) is 5.73 Å². The van der Waals surface area contributed by atoms with Crippen molar-refractivity contribution >= 4 is 28.7 Å². The number of aromatic nitrogens is 1. The second kappa shape index (κ2) is 7.17. The average molecular weight is 308 g/mol. The quantitative estimate of drug-likeness (QED) is 0.432. The Bertz CT molecular complexity index is 913. The van der Waals surface area contributed by atoms with E-state index >= 15 is 0 Å². The molecule has 0 spiro atoms. The minimum atomic E-state index is -0.323. The first-order chi connectivity index (χ1) is 11.0. The van der Waals surface area contributed by atoms with Gasteiger partial charge in [0.1, 0.15) is 0 Å². The lowest BCUT2D eigenvalue weighted by Crippen LogP contribution is -2.15. The van der Waals surface area contributed by atoms with E-state index in [1.165, 1.54) is 6.92 Å². The fourth-order valence-electron chi connectivity index (χ4n) is 2.03. The van der Waals surface area contributed by atoms with Gasteiger partial charge in [0, 0.05) is 16.8 Å². The van der Waals surface area contributed by atoms with Crippen LogP contribution in [0.3, 0.4) is 0 Å². The Hall–Kier alpha value is -3.21. The molecule has 0 saturated heterocycles. The van der Waals surface area contributed by atoms with E-state index in [4.69, 9.17) is 5.73 Å². The highest BCUT2D eigenvalue weighted by molar-refractivity contribution is 5.97. The van der Waals surface area contributed by atoms with E-state index in [0.29, 0.717) is 11.3 Å². The number of ketones is 1. The minimum Gasteiger partial charge on any atom is -0.398 e. The molecule has 0 fully saturated rings. The first kappa shape index (κ1) is 16.2. The Morgan fingerprint density at radius 3 is 2.35 bits per heavy atom. The smallest absolute Gasteiger partial charge is 0.259 e. The molecule has 0 aliphatic heterocycles. The number of nitrogens with one attached hydrogen (secondary N) is 1. The van der Waals surface area contributed by atoms with Crippen LogP contribution in [0.2, 0.25) is 0 Å². The number of hydrogen-bond acceptors (Lipinski definition) is 4. The Labute approximate surface area is 132 Å². The molecule has 3 aromatic rings. The summed E-state index contributed by atoms with van der Waals surface area (Å²) in [4.78, 5) is 35.3. The molecule has 2 aromatic carbocycles. The normalized spacial score (nSPS) is 9.78. The minimum absolute atomic E-state index is 0.211. The Kier molecular flexibility index (Phi) is 5.04. The number of carbonyl (C=O) groups is 2. The molecule has 3 N–H and O–H groups in total. The molecule has 1 aromatic heterocycles. The number of nitrogen functional groups attached to an aromatic ring is 1. The predicted molar refractivity (Wildman–Crippen MR) is 90.8 cm³/mol. The van der Waals surface area contributed by atoms with Gasteiger partial charge in [0.2, 0.25) is 0 Å². The van der Waals surface area contributed by atoms with E-state index in [-0.39, 0.29) is 16.9 Å². The van der Waals surface area contributed by atoms with Crippen molar-refractivity contribution < 1.29 is 9.59 Å². The van der Waals surface area contributed by atoms with Gasteiger partial charge in [-0.05, 0) is 36.6 Å². The van der Waals surface area contributed by atoms with E-state index in [2.05, 4.69) is 4.98 Å². The predicted octanol–water partition coefficient (Wildman–Crippen LogP) is 2.81. The van der Waals surface area contributed by atoms with Crippen molar-refractivity contribution in [3.8, 4) is 0 Å². The maximum atomic E-state index is 11.4. The van der Waals surface area contributed by atoms with E-state index in [0.717, 1.165) is 17.2 Å². The molecule has 5 heteroatoms. The number of nitrogens with two attached hydrogens (primary N) is 1. The fourth-order valence-corrected chi connectivity index (χ4v) is 2.03. The lowest BCUT2D eigenvalue weighted by atomic mass is 10.1. The number of para-hydroxylation sites is 2. The number of rotatable bonds is 2. The highest BCUT2D eigenvalue weighted by Crippen LogP contribution is 2.10. The van der Waals surface area contributed by atoms with Gasteiger partial charge < -0.3 is 10.7 Å². The van der Waals surface area contributed by atoms with E-state index in [1.807, 2.05) is 18.2 Å². The van der Waals surface area contributed by atoms with Crippen LogP contribution < -0.4 is 11.3 Å². The topological polar surface area (TPSA) is 93.0 Å². The monoisotopic (exact) mass is 308 g/mol. The molecule has 0 aliphatic carbocycles. The molecule has 0 saturated carbocycles. The fraction of sp³-hybridized carbons (Fsp3) is 0.0556. The second-order valence-electron chi connectivity index (χ2n) is 4.90. The SMILES string of the molecule is CC(=O)c1cc2ccccc2[nH]c1=O.Nc1ccccc1C=O. The number of Topliss-reactive ketones (excluding diaryl/α,β-unsaturated/α-hetero) is 1. The average Bonchev–Trinajstić information content (AvgIpc) is 2.55. The molecule has 0 aliphatic rings. The summed E-state index contributed by atoms with van der Waals surface area (Å²) in [6, 6.07) is 15.9. The third-order valence-electron chi connectivity index (χ3n) is 3.26. The van der Waals surface area contributed by atoms with Gasteiger partial charge in [-0.3, -0.25) is 14.4 Å². The first-order valence-electron chi connectivity index (χ1n) is 6.95. The van der Waals surface area contributed by atoms with Crippen LogP contribution in [0.25, 0.3) is 10.9 Å². The van der Waals surface area contributed by atoms with Gasteiger partial charge in [-0.1, -0.05) is 30.3 Å². The van der Waals surface area contributed by atoms with Gasteiger partial charge in [0.25, 0.3) is 5.56 Å². The van der Waals surface area contributed by atoms with Crippen molar-refractivity contribution in [1.82, 2.24) is 4.98 Å². The van der Waals surface area contributed by atoms with Gasteiger partial charge in [-0.15, -0.1) is 0 Å². The number of carbonyl (C=O) groups excluding carboxylic acids is 2. The third kappa shape index (κ3) is 3.91. The van der Waals surface area contributed by atoms with Gasteiger partial charge in [-0.25, -0.2) is 0 Å². The standard InChI is InChI=1S/C11H9NO2.C7H7NO/c1-7(13)9-6-8-4-2-3-5-10(8)12-11(9)14;8-7-4-2-1-3-6(7)5-9/h2-6H,1H3,(H,12,14);1-5H,8H2. The summed E-state index contributed by atoms with van der Waals surface area (Å²) < 4.78 is 0. The first-order valence-corrected chi connectivity index (χ1v) is 6.95.